The molecule has 0 saturated carbocycles. The molecule has 0 fully saturated rings. The van der Waals surface area contributed by atoms with Crippen LogP contribution in [0.15, 0.2) is 6.20 Å². The molecule has 1 aromatic rings. The molecule has 4 heteroatoms. The molecule has 14 heavy (non-hydrogen) atoms. The van der Waals surface area contributed by atoms with E-state index in [1.807, 2.05) is 20.8 Å². The standard InChI is InChI=1S/C10H16N2OS/c1-5-7-6-11-9(14-7)8(13)12-10(2,3)4/h6H,5H2,1-4H3,(H,12,13). The Kier molecular flexibility index (Phi) is 3.26. The topological polar surface area (TPSA) is 42.0 Å². The number of carbonyl (C=O) groups is 1. The molecule has 0 aliphatic heterocycles. The predicted molar refractivity (Wildman–Crippen MR) is 58.7 cm³/mol. The monoisotopic (exact) mass is 212 g/mol. The fraction of sp³-hybridized carbons (Fsp3) is 0.600. The van der Waals surface area contributed by atoms with Gasteiger partial charge in [-0.3, -0.25) is 4.79 Å². The molecular weight excluding hydrogens is 196 g/mol. The van der Waals surface area contributed by atoms with E-state index < -0.39 is 0 Å². The van der Waals surface area contributed by atoms with Gasteiger partial charge in [-0.05, 0) is 27.2 Å². The molecule has 0 spiro atoms. The SMILES string of the molecule is CCc1cnc(C(=O)NC(C)(C)C)s1. The second-order valence-corrected chi connectivity index (χ2v) is 5.30. The van der Waals surface area contributed by atoms with Crippen molar-refractivity contribution < 1.29 is 4.79 Å². The summed E-state index contributed by atoms with van der Waals surface area (Å²) in [6, 6.07) is 0. The number of aromatic nitrogens is 1. The van der Waals surface area contributed by atoms with Crippen LogP contribution < -0.4 is 5.32 Å². The highest BCUT2D eigenvalue weighted by Gasteiger charge is 2.17. The van der Waals surface area contributed by atoms with E-state index in [9.17, 15) is 4.79 Å². The van der Waals surface area contributed by atoms with Gasteiger partial charge in [0.05, 0.1) is 0 Å². The lowest BCUT2D eigenvalue weighted by Crippen LogP contribution is -2.40. The van der Waals surface area contributed by atoms with Crippen molar-refractivity contribution in [2.75, 3.05) is 0 Å². The van der Waals surface area contributed by atoms with E-state index in [1.54, 1.807) is 6.20 Å². The van der Waals surface area contributed by atoms with E-state index in [1.165, 1.54) is 11.3 Å². The Morgan fingerprint density at radius 1 is 1.57 bits per heavy atom. The van der Waals surface area contributed by atoms with Gasteiger partial charge >= 0.3 is 0 Å². The first-order chi connectivity index (χ1) is 6.42. The van der Waals surface area contributed by atoms with Crippen molar-refractivity contribution in [2.24, 2.45) is 0 Å². The number of thiazole rings is 1. The summed E-state index contributed by atoms with van der Waals surface area (Å²) in [4.78, 5) is 16.8. The highest BCUT2D eigenvalue weighted by atomic mass is 32.1. The van der Waals surface area contributed by atoms with Gasteiger partial charge in [-0.2, -0.15) is 0 Å². The first-order valence-corrected chi connectivity index (χ1v) is 5.51. The van der Waals surface area contributed by atoms with E-state index in [-0.39, 0.29) is 11.4 Å². The Bertz CT molecular complexity index is 325. The first kappa shape index (κ1) is 11.2. The van der Waals surface area contributed by atoms with Crippen LogP contribution >= 0.6 is 11.3 Å². The van der Waals surface area contributed by atoms with Gasteiger partial charge in [0.2, 0.25) is 0 Å². The van der Waals surface area contributed by atoms with Gasteiger partial charge < -0.3 is 5.32 Å². The molecule has 1 rings (SSSR count). The Hall–Kier alpha value is -0.900. The molecule has 0 aliphatic rings. The summed E-state index contributed by atoms with van der Waals surface area (Å²) in [5.41, 5.74) is -0.199. The van der Waals surface area contributed by atoms with Crippen LogP contribution in [0.5, 0.6) is 0 Å². The number of nitrogens with one attached hydrogen (secondary N) is 1. The van der Waals surface area contributed by atoms with Gasteiger partial charge in [-0.1, -0.05) is 6.92 Å². The highest BCUT2D eigenvalue weighted by molar-refractivity contribution is 7.13. The highest BCUT2D eigenvalue weighted by Crippen LogP contribution is 2.14. The molecule has 0 bridgehead atoms. The molecule has 3 nitrogen and oxygen atoms in total. The molecule has 0 aromatic carbocycles. The van der Waals surface area contributed by atoms with Gasteiger partial charge in [0, 0.05) is 16.6 Å². The van der Waals surface area contributed by atoms with Gasteiger partial charge in [0.1, 0.15) is 0 Å². The van der Waals surface area contributed by atoms with Crippen molar-refractivity contribution >= 4 is 17.2 Å². The summed E-state index contributed by atoms with van der Waals surface area (Å²) < 4.78 is 0. The largest absolute Gasteiger partial charge is 0.345 e. The molecule has 0 aliphatic carbocycles. The van der Waals surface area contributed by atoms with Crippen molar-refractivity contribution in [3.63, 3.8) is 0 Å². The zero-order chi connectivity index (χ0) is 10.8. The molecule has 0 saturated heterocycles. The van der Waals surface area contributed by atoms with E-state index in [4.69, 9.17) is 0 Å². The maximum Gasteiger partial charge on any atom is 0.280 e. The minimum absolute atomic E-state index is 0.0813. The third kappa shape index (κ3) is 3.10. The zero-order valence-corrected chi connectivity index (χ0v) is 9.86. The minimum Gasteiger partial charge on any atom is -0.345 e. The van der Waals surface area contributed by atoms with Crippen LogP contribution in [0.25, 0.3) is 0 Å². The molecule has 1 amide bonds. The Labute approximate surface area is 88.6 Å². The van der Waals surface area contributed by atoms with E-state index in [0.29, 0.717) is 5.01 Å². The fourth-order valence-electron chi connectivity index (χ4n) is 0.970. The van der Waals surface area contributed by atoms with Crippen LogP contribution in [-0.2, 0) is 6.42 Å². The summed E-state index contributed by atoms with van der Waals surface area (Å²) >= 11 is 1.46. The quantitative estimate of drug-likeness (QED) is 0.817. The second-order valence-electron chi connectivity index (χ2n) is 4.19. The Morgan fingerprint density at radius 2 is 2.21 bits per heavy atom. The number of rotatable bonds is 2. The van der Waals surface area contributed by atoms with Crippen molar-refractivity contribution in [3.05, 3.63) is 16.1 Å². The lowest BCUT2D eigenvalue weighted by atomic mass is 10.1. The number of nitrogens with zero attached hydrogens (tertiary/aromatic N) is 1. The lowest BCUT2D eigenvalue weighted by Gasteiger charge is -2.19. The summed E-state index contributed by atoms with van der Waals surface area (Å²) in [5, 5.41) is 3.43. The molecule has 1 N–H and O–H groups in total. The molecule has 0 atom stereocenters. The van der Waals surface area contributed by atoms with Crippen molar-refractivity contribution in [1.82, 2.24) is 10.3 Å². The van der Waals surface area contributed by atoms with Crippen molar-refractivity contribution in [2.45, 2.75) is 39.7 Å². The van der Waals surface area contributed by atoms with Crippen LogP contribution in [0.1, 0.15) is 42.4 Å². The maximum atomic E-state index is 11.6. The lowest BCUT2D eigenvalue weighted by molar-refractivity contribution is 0.0919. The number of amides is 1. The first-order valence-electron chi connectivity index (χ1n) is 4.69. The number of carbonyl (C=O) groups excluding carboxylic acids is 1. The average molecular weight is 212 g/mol. The van der Waals surface area contributed by atoms with E-state index in [0.717, 1.165) is 11.3 Å². The summed E-state index contributed by atoms with van der Waals surface area (Å²) in [5.74, 6) is -0.0813. The number of hydrogen-bond acceptors (Lipinski definition) is 3. The number of hydrogen-bond donors (Lipinski definition) is 1. The summed E-state index contributed by atoms with van der Waals surface area (Å²) in [6.07, 6.45) is 2.70. The predicted octanol–water partition coefficient (Wildman–Crippen LogP) is 2.23. The smallest absolute Gasteiger partial charge is 0.280 e. The molecule has 0 unspecified atom stereocenters. The third-order valence-electron chi connectivity index (χ3n) is 1.58. The van der Waals surface area contributed by atoms with Crippen LogP contribution in [0.3, 0.4) is 0 Å². The van der Waals surface area contributed by atoms with Crippen LogP contribution in [0.4, 0.5) is 0 Å². The maximum absolute atomic E-state index is 11.6. The fourth-order valence-corrected chi connectivity index (χ4v) is 1.72. The van der Waals surface area contributed by atoms with E-state index in [2.05, 4.69) is 17.2 Å². The van der Waals surface area contributed by atoms with Gasteiger partial charge in [-0.25, -0.2) is 4.98 Å². The van der Waals surface area contributed by atoms with Gasteiger partial charge in [0.25, 0.3) is 5.91 Å². The Morgan fingerprint density at radius 3 is 2.64 bits per heavy atom. The van der Waals surface area contributed by atoms with Gasteiger partial charge in [-0.15, -0.1) is 11.3 Å². The third-order valence-corrected chi connectivity index (χ3v) is 2.73. The summed E-state index contributed by atoms with van der Waals surface area (Å²) in [6.45, 7) is 7.93. The molecular formula is C10H16N2OS. The molecule has 0 radical (unpaired) electrons. The number of aryl methyl sites for hydroxylation is 1. The van der Waals surface area contributed by atoms with Crippen molar-refractivity contribution in [1.29, 1.82) is 0 Å². The normalized spacial score (nSPS) is 11.4. The second kappa shape index (κ2) is 4.09. The molecule has 78 valence electrons. The Balaban J connectivity index is 2.70. The van der Waals surface area contributed by atoms with Crippen LogP contribution in [0, 0.1) is 0 Å². The molecule has 1 aromatic heterocycles. The summed E-state index contributed by atoms with van der Waals surface area (Å²) in [7, 11) is 0. The van der Waals surface area contributed by atoms with Gasteiger partial charge in [0.15, 0.2) is 5.01 Å². The van der Waals surface area contributed by atoms with E-state index >= 15 is 0 Å². The molecule has 1 heterocycles. The van der Waals surface area contributed by atoms with Crippen LogP contribution in [-0.4, -0.2) is 16.4 Å². The van der Waals surface area contributed by atoms with Crippen LogP contribution in [0.2, 0.25) is 0 Å². The average Bonchev–Trinajstić information content (AvgIpc) is 2.48. The zero-order valence-electron chi connectivity index (χ0n) is 9.05. The minimum atomic E-state index is -0.199. The van der Waals surface area contributed by atoms with Crippen molar-refractivity contribution in [3.8, 4) is 0 Å².